The molecule has 0 aromatic heterocycles. The maximum atomic E-state index is 11.2. The van der Waals surface area contributed by atoms with Gasteiger partial charge < -0.3 is 4.74 Å². The van der Waals surface area contributed by atoms with Gasteiger partial charge in [-0.05, 0) is 5.92 Å². The normalized spacial score (nSPS) is 15.7. The summed E-state index contributed by atoms with van der Waals surface area (Å²) >= 11 is 0. The molecule has 2 nitrogen and oxygen atoms in total. The highest BCUT2D eigenvalue weighted by atomic mass is 19.1. The van der Waals surface area contributed by atoms with Gasteiger partial charge in [0.1, 0.15) is 12.4 Å². The molecule has 0 saturated carbocycles. The molecule has 1 heterocycles. The lowest BCUT2D eigenvalue weighted by molar-refractivity contribution is -0.135. The van der Waals surface area contributed by atoms with Crippen molar-refractivity contribution in [2.45, 2.75) is 6.42 Å². The SMILES string of the molecule is O=C1CC(C#CF)=CO1. The fourth-order valence-electron chi connectivity index (χ4n) is 0.510. The Labute approximate surface area is 51.3 Å². The van der Waals surface area contributed by atoms with Crippen LogP contribution in [0.25, 0.3) is 0 Å². The average molecular weight is 126 g/mol. The number of cyclic esters (lactones) is 1. The van der Waals surface area contributed by atoms with E-state index in [0.29, 0.717) is 5.57 Å². The van der Waals surface area contributed by atoms with Crippen LogP contribution in [0.3, 0.4) is 0 Å². The van der Waals surface area contributed by atoms with Crippen LogP contribution in [0.15, 0.2) is 11.8 Å². The first-order valence-corrected chi connectivity index (χ1v) is 2.33. The zero-order chi connectivity index (χ0) is 6.69. The largest absolute Gasteiger partial charge is 0.433 e. The summed E-state index contributed by atoms with van der Waals surface area (Å²) in [5.41, 5.74) is 0.391. The second kappa shape index (κ2) is 2.31. The van der Waals surface area contributed by atoms with Crippen LogP contribution in [0.1, 0.15) is 6.42 Å². The van der Waals surface area contributed by atoms with Crippen molar-refractivity contribution < 1.29 is 13.9 Å². The first-order chi connectivity index (χ1) is 4.33. The lowest BCUT2D eigenvalue weighted by Gasteiger charge is -1.79. The van der Waals surface area contributed by atoms with E-state index in [1.807, 2.05) is 0 Å². The fraction of sp³-hybridized carbons (Fsp3) is 0.167. The second-order valence-electron chi connectivity index (χ2n) is 1.53. The van der Waals surface area contributed by atoms with E-state index < -0.39 is 0 Å². The van der Waals surface area contributed by atoms with Gasteiger partial charge in [-0.15, -0.1) is 4.39 Å². The molecule has 0 aromatic rings. The Hall–Kier alpha value is -1.30. The lowest BCUT2D eigenvalue weighted by Crippen LogP contribution is -1.89. The van der Waals surface area contributed by atoms with E-state index in [0.717, 1.165) is 6.26 Å². The molecule has 0 aliphatic carbocycles. The first-order valence-electron chi connectivity index (χ1n) is 2.33. The summed E-state index contributed by atoms with van der Waals surface area (Å²) in [7, 11) is 0. The number of rotatable bonds is 0. The van der Waals surface area contributed by atoms with Gasteiger partial charge in [0.2, 0.25) is 0 Å². The molecule has 0 atom stereocenters. The number of carbonyl (C=O) groups excluding carboxylic acids is 1. The van der Waals surface area contributed by atoms with E-state index in [1.54, 1.807) is 0 Å². The summed E-state index contributed by atoms with van der Waals surface area (Å²) in [6.07, 6.45) is 2.44. The molecule has 0 N–H and O–H groups in total. The molecule has 9 heavy (non-hydrogen) atoms. The van der Waals surface area contributed by atoms with Gasteiger partial charge in [0.15, 0.2) is 0 Å². The monoisotopic (exact) mass is 126 g/mol. The Balaban J connectivity index is 2.62. The Morgan fingerprint density at radius 2 is 2.56 bits per heavy atom. The molecule has 0 amide bonds. The van der Waals surface area contributed by atoms with Crippen LogP contribution in [0, 0.1) is 12.1 Å². The topological polar surface area (TPSA) is 26.3 Å². The zero-order valence-electron chi connectivity index (χ0n) is 4.48. The zero-order valence-corrected chi connectivity index (χ0v) is 4.48. The molecule has 0 radical (unpaired) electrons. The Bertz CT molecular complexity index is 219. The predicted molar refractivity (Wildman–Crippen MR) is 27.7 cm³/mol. The number of halogens is 1. The first kappa shape index (κ1) is 5.83. The molecule has 1 aliphatic rings. The summed E-state index contributed by atoms with van der Waals surface area (Å²) in [6.45, 7) is 0. The van der Waals surface area contributed by atoms with Gasteiger partial charge in [-0.25, -0.2) is 0 Å². The van der Waals surface area contributed by atoms with Crippen LogP contribution in [-0.4, -0.2) is 5.97 Å². The Kier molecular flexibility index (Phi) is 1.50. The summed E-state index contributed by atoms with van der Waals surface area (Å²) in [5, 5.41) is 0. The minimum absolute atomic E-state index is 0.0942. The minimum atomic E-state index is -0.382. The van der Waals surface area contributed by atoms with Crippen LogP contribution in [0.5, 0.6) is 0 Å². The molecule has 0 spiro atoms. The molecular formula is C6H3FO2. The van der Waals surface area contributed by atoms with Gasteiger partial charge >= 0.3 is 5.97 Å². The highest BCUT2D eigenvalue weighted by Gasteiger charge is 2.11. The van der Waals surface area contributed by atoms with E-state index in [9.17, 15) is 9.18 Å². The van der Waals surface area contributed by atoms with Crippen LogP contribution >= 0.6 is 0 Å². The number of hydrogen-bond acceptors (Lipinski definition) is 2. The molecule has 1 rings (SSSR count). The van der Waals surface area contributed by atoms with Crippen molar-refractivity contribution in [1.82, 2.24) is 0 Å². The van der Waals surface area contributed by atoms with Crippen molar-refractivity contribution in [3.05, 3.63) is 11.8 Å². The summed E-state index contributed by atoms with van der Waals surface area (Å²) in [4.78, 5) is 10.3. The summed E-state index contributed by atoms with van der Waals surface area (Å²) in [5.74, 6) is 1.69. The van der Waals surface area contributed by atoms with Gasteiger partial charge in [0, 0.05) is 0 Å². The maximum Gasteiger partial charge on any atom is 0.315 e. The van der Waals surface area contributed by atoms with Crippen LogP contribution in [0.4, 0.5) is 4.39 Å². The number of ether oxygens (including phenoxy) is 1. The van der Waals surface area contributed by atoms with Crippen LogP contribution in [0.2, 0.25) is 0 Å². The molecule has 46 valence electrons. The fourth-order valence-corrected chi connectivity index (χ4v) is 0.510. The van der Waals surface area contributed by atoms with Crippen molar-refractivity contribution in [3.8, 4) is 12.1 Å². The summed E-state index contributed by atoms with van der Waals surface area (Å²) < 4.78 is 15.6. The van der Waals surface area contributed by atoms with Crippen molar-refractivity contribution in [3.63, 3.8) is 0 Å². The summed E-state index contributed by atoms with van der Waals surface area (Å²) in [6, 6.07) is 0. The maximum absolute atomic E-state index is 11.2. The quantitative estimate of drug-likeness (QED) is 0.353. The standard InChI is InChI=1S/C6H3FO2/c7-2-1-5-3-6(8)9-4-5/h4H,3H2. The lowest BCUT2D eigenvalue weighted by atomic mass is 10.2. The van der Waals surface area contributed by atoms with Gasteiger partial charge in [0.05, 0.1) is 12.0 Å². The van der Waals surface area contributed by atoms with E-state index in [4.69, 9.17) is 0 Å². The second-order valence-corrected chi connectivity index (χ2v) is 1.53. The number of hydrogen-bond donors (Lipinski definition) is 0. The van der Waals surface area contributed by atoms with E-state index in [1.165, 1.54) is 6.17 Å². The van der Waals surface area contributed by atoms with E-state index in [2.05, 4.69) is 10.7 Å². The van der Waals surface area contributed by atoms with Crippen molar-refractivity contribution in [1.29, 1.82) is 0 Å². The van der Waals surface area contributed by atoms with E-state index >= 15 is 0 Å². The van der Waals surface area contributed by atoms with Gasteiger partial charge in [-0.3, -0.25) is 4.79 Å². The third-order valence-corrected chi connectivity index (χ3v) is 0.875. The van der Waals surface area contributed by atoms with Crippen LogP contribution < -0.4 is 0 Å². The third kappa shape index (κ3) is 1.29. The molecular weight excluding hydrogens is 123 g/mol. The smallest absolute Gasteiger partial charge is 0.315 e. The van der Waals surface area contributed by atoms with Crippen molar-refractivity contribution in [2.24, 2.45) is 0 Å². The highest BCUT2D eigenvalue weighted by molar-refractivity contribution is 5.77. The number of carbonyl (C=O) groups is 1. The molecule has 0 aromatic carbocycles. The van der Waals surface area contributed by atoms with Crippen LogP contribution in [-0.2, 0) is 9.53 Å². The van der Waals surface area contributed by atoms with Crippen molar-refractivity contribution >= 4 is 5.97 Å². The average Bonchev–Trinajstić information content (AvgIpc) is 2.17. The molecule has 0 fully saturated rings. The minimum Gasteiger partial charge on any atom is -0.433 e. The van der Waals surface area contributed by atoms with Gasteiger partial charge in [-0.1, -0.05) is 0 Å². The number of esters is 1. The third-order valence-electron chi connectivity index (χ3n) is 0.875. The Morgan fingerprint density at radius 1 is 1.78 bits per heavy atom. The highest BCUT2D eigenvalue weighted by Crippen LogP contribution is 2.09. The molecule has 0 bridgehead atoms. The Morgan fingerprint density at radius 3 is 3.00 bits per heavy atom. The van der Waals surface area contributed by atoms with Gasteiger partial charge in [0.25, 0.3) is 0 Å². The van der Waals surface area contributed by atoms with E-state index in [-0.39, 0.29) is 12.4 Å². The predicted octanol–water partition coefficient (Wildman–Crippen LogP) is 0.748. The van der Waals surface area contributed by atoms with Crippen molar-refractivity contribution in [2.75, 3.05) is 0 Å². The molecule has 1 aliphatic heterocycles. The molecule has 3 heteroatoms. The molecule has 0 saturated heterocycles. The molecule has 0 unspecified atom stereocenters. The van der Waals surface area contributed by atoms with Gasteiger partial charge in [-0.2, -0.15) is 0 Å².